The number of ether oxygens (including phenoxy) is 2. The van der Waals surface area contributed by atoms with E-state index in [2.05, 4.69) is 11.7 Å². The van der Waals surface area contributed by atoms with Crippen molar-refractivity contribution in [1.29, 1.82) is 0 Å². The molecule has 0 saturated carbocycles. The number of amides is 1. The molecule has 0 bridgehead atoms. The van der Waals surface area contributed by atoms with Crippen LogP contribution in [0.25, 0.3) is 6.08 Å². The molecular formula is C22H20N2O5. The smallest absolute Gasteiger partial charge is 0.335 e. The second-order valence-electron chi connectivity index (χ2n) is 6.23. The SMILES string of the molecule is C=CCOc1ccc(C=C2C(=O)N(c3cccc(C(=O)O)c3)N=C2C)cc1OC. The van der Waals surface area contributed by atoms with E-state index in [0.29, 0.717) is 35.1 Å². The molecule has 1 aliphatic heterocycles. The average Bonchev–Trinajstić information content (AvgIpc) is 3.01. The third-order valence-corrected chi connectivity index (χ3v) is 4.26. The van der Waals surface area contributed by atoms with Crippen LogP contribution in [-0.4, -0.2) is 36.4 Å². The van der Waals surface area contributed by atoms with Gasteiger partial charge in [-0.1, -0.05) is 24.8 Å². The van der Waals surface area contributed by atoms with E-state index in [9.17, 15) is 9.59 Å². The predicted octanol–water partition coefficient (Wildman–Crippen LogP) is 3.76. The van der Waals surface area contributed by atoms with Crippen molar-refractivity contribution < 1.29 is 24.2 Å². The van der Waals surface area contributed by atoms with Gasteiger partial charge in [0.2, 0.25) is 0 Å². The number of rotatable bonds is 7. The Bertz CT molecular complexity index is 1040. The second-order valence-corrected chi connectivity index (χ2v) is 6.23. The molecule has 2 aromatic rings. The molecule has 1 aliphatic rings. The van der Waals surface area contributed by atoms with Gasteiger partial charge in [-0.05, 0) is 48.9 Å². The van der Waals surface area contributed by atoms with Gasteiger partial charge in [-0.2, -0.15) is 10.1 Å². The van der Waals surface area contributed by atoms with Crippen LogP contribution in [0.3, 0.4) is 0 Å². The predicted molar refractivity (Wildman–Crippen MR) is 111 cm³/mol. The number of nitrogens with zero attached hydrogens (tertiary/aromatic N) is 2. The lowest BCUT2D eigenvalue weighted by Gasteiger charge is -2.12. The van der Waals surface area contributed by atoms with Crippen LogP contribution in [0, 0.1) is 0 Å². The molecule has 0 atom stereocenters. The van der Waals surface area contributed by atoms with E-state index in [1.54, 1.807) is 43.3 Å². The number of carbonyl (C=O) groups is 2. The molecule has 0 spiro atoms. The van der Waals surface area contributed by atoms with Crippen LogP contribution in [0.15, 0.2) is 65.8 Å². The molecule has 0 aromatic heterocycles. The summed E-state index contributed by atoms with van der Waals surface area (Å²) in [6.45, 7) is 5.70. The topological polar surface area (TPSA) is 88.4 Å². The first-order valence-electron chi connectivity index (χ1n) is 8.81. The summed E-state index contributed by atoms with van der Waals surface area (Å²) in [5, 5.41) is 14.7. The van der Waals surface area contributed by atoms with Crippen LogP contribution < -0.4 is 14.5 Å². The number of hydrazone groups is 1. The summed E-state index contributed by atoms with van der Waals surface area (Å²) >= 11 is 0. The van der Waals surface area contributed by atoms with Crippen LogP contribution in [0.1, 0.15) is 22.8 Å². The van der Waals surface area contributed by atoms with E-state index in [4.69, 9.17) is 14.6 Å². The Morgan fingerprint density at radius 3 is 2.72 bits per heavy atom. The van der Waals surface area contributed by atoms with Gasteiger partial charge in [-0.15, -0.1) is 0 Å². The minimum Gasteiger partial charge on any atom is -0.493 e. The van der Waals surface area contributed by atoms with Crippen molar-refractivity contribution in [2.75, 3.05) is 18.7 Å². The number of methoxy groups -OCH3 is 1. The molecule has 7 nitrogen and oxygen atoms in total. The lowest BCUT2D eigenvalue weighted by Crippen LogP contribution is -2.21. The lowest BCUT2D eigenvalue weighted by atomic mass is 10.1. The van der Waals surface area contributed by atoms with Crippen molar-refractivity contribution in [2.24, 2.45) is 5.10 Å². The Balaban J connectivity index is 1.90. The zero-order chi connectivity index (χ0) is 21.0. The molecule has 148 valence electrons. The van der Waals surface area contributed by atoms with Gasteiger partial charge in [0, 0.05) is 0 Å². The molecule has 0 aliphatic carbocycles. The summed E-state index contributed by atoms with van der Waals surface area (Å²) in [6, 6.07) is 11.4. The summed E-state index contributed by atoms with van der Waals surface area (Å²) in [5.41, 5.74) is 2.16. The van der Waals surface area contributed by atoms with Crippen LogP contribution in [0.5, 0.6) is 11.5 Å². The lowest BCUT2D eigenvalue weighted by molar-refractivity contribution is -0.114. The molecule has 0 unspecified atom stereocenters. The maximum atomic E-state index is 12.9. The van der Waals surface area contributed by atoms with Gasteiger partial charge in [0.05, 0.1) is 29.6 Å². The zero-order valence-electron chi connectivity index (χ0n) is 16.1. The molecule has 3 rings (SSSR count). The quantitative estimate of drug-likeness (QED) is 0.572. The van der Waals surface area contributed by atoms with Crippen molar-refractivity contribution in [3.8, 4) is 11.5 Å². The number of hydrogen-bond donors (Lipinski definition) is 1. The third-order valence-electron chi connectivity index (χ3n) is 4.26. The Hall–Kier alpha value is -3.87. The number of carboxylic acids is 1. The van der Waals surface area contributed by atoms with E-state index < -0.39 is 5.97 Å². The summed E-state index contributed by atoms with van der Waals surface area (Å²) in [7, 11) is 1.54. The highest BCUT2D eigenvalue weighted by molar-refractivity contribution is 6.32. The molecule has 0 saturated heterocycles. The van der Waals surface area contributed by atoms with Gasteiger partial charge < -0.3 is 14.6 Å². The Morgan fingerprint density at radius 2 is 2.03 bits per heavy atom. The molecule has 0 fully saturated rings. The van der Waals surface area contributed by atoms with Gasteiger partial charge in [-0.3, -0.25) is 4.79 Å². The van der Waals surface area contributed by atoms with Crippen LogP contribution >= 0.6 is 0 Å². The average molecular weight is 392 g/mol. The van der Waals surface area contributed by atoms with Crippen LogP contribution in [0.4, 0.5) is 5.69 Å². The van der Waals surface area contributed by atoms with Crippen LogP contribution in [0.2, 0.25) is 0 Å². The summed E-state index contributed by atoms with van der Waals surface area (Å²) in [5.74, 6) is -0.297. The number of aromatic carboxylic acids is 1. The number of anilines is 1. The summed E-state index contributed by atoms with van der Waals surface area (Å²) in [6.07, 6.45) is 3.35. The monoisotopic (exact) mass is 392 g/mol. The fourth-order valence-electron chi connectivity index (χ4n) is 2.84. The highest BCUT2D eigenvalue weighted by atomic mass is 16.5. The van der Waals surface area contributed by atoms with Crippen molar-refractivity contribution in [3.63, 3.8) is 0 Å². The summed E-state index contributed by atoms with van der Waals surface area (Å²) in [4.78, 5) is 24.1. The first-order valence-corrected chi connectivity index (χ1v) is 8.81. The van der Waals surface area contributed by atoms with Gasteiger partial charge in [0.15, 0.2) is 11.5 Å². The molecule has 1 amide bonds. The third kappa shape index (κ3) is 4.19. The van der Waals surface area contributed by atoms with Crippen molar-refractivity contribution in [2.45, 2.75) is 6.92 Å². The second kappa shape index (κ2) is 8.43. The standard InChI is InChI=1S/C22H20N2O5/c1-4-10-29-19-9-8-15(12-20(19)28-3)11-18-14(2)23-24(21(18)25)17-7-5-6-16(13-17)22(26)27/h4-9,11-13H,1,10H2,2-3H3,(H,26,27). The first kappa shape index (κ1) is 19.9. The molecular weight excluding hydrogens is 372 g/mol. The van der Waals surface area contributed by atoms with Gasteiger partial charge in [-0.25, -0.2) is 4.79 Å². The van der Waals surface area contributed by atoms with Gasteiger partial charge in [0.1, 0.15) is 6.61 Å². The maximum absolute atomic E-state index is 12.9. The minimum atomic E-state index is -1.07. The fourth-order valence-corrected chi connectivity index (χ4v) is 2.84. The highest BCUT2D eigenvalue weighted by Crippen LogP contribution is 2.30. The van der Waals surface area contributed by atoms with E-state index in [1.165, 1.54) is 24.3 Å². The molecule has 2 aromatic carbocycles. The number of benzene rings is 2. The molecule has 1 N–H and O–H groups in total. The number of carboxylic acid groups (broad SMARTS) is 1. The van der Waals surface area contributed by atoms with E-state index in [0.717, 1.165) is 5.56 Å². The maximum Gasteiger partial charge on any atom is 0.335 e. The van der Waals surface area contributed by atoms with Crippen molar-refractivity contribution >= 4 is 29.4 Å². The Labute approximate surface area is 168 Å². The van der Waals surface area contributed by atoms with E-state index in [-0.39, 0.29) is 11.5 Å². The van der Waals surface area contributed by atoms with Crippen molar-refractivity contribution in [1.82, 2.24) is 0 Å². The Morgan fingerprint density at radius 1 is 1.24 bits per heavy atom. The number of carbonyl (C=O) groups excluding carboxylic acids is 1. The van der Waals surface area contributed by atoms with Gasteiger partial charge >= 0.3 is 5.97 Å². The van der Waals surface area contributed by atoms with Crippen LogP contribution in [-0.2, 0) is 4.79 Å². The summed E-state index contributed by atoms with van der Waals surface area (Å²) < 4.78 is 10.9. The molecule has 0 radical (unpaired) electrons. The molecule has 1 heterocycles. The molecule has 7 heteroatoms. The van der Waals surface area contributed by atoms with Crippen molar-refractivity contribution in [3.05, 3.63) is 71.8 Å². The zero-order valence-corrected chi connectivity index (χ0v) is 16.1. The highest BCUT2D eigenvalue weighted by Gasteiger charge is 2.29. The van der Waals surface area contributed by atoms with E-state index >= 15 is 0 Å². The minimum absolute atomic E-state index is 0.0837. The van der Waals surface area contributed by atoms with E-state index in [1.807, 2.05) is 6.07 Å². The largest absolute Gasteiger partial charge is 0.493 e. The number of hydrogen-bond acceptors (Lipinski definition) is 5. The fraction of sp³-hybridized carbons (Fsp3) is 0.136. The normalized spacial score (nSPS) is 14.7. The Kier molecular flexibility index (Phi) is 5.78. The first-order chi connectivity index (χ1) is 13.9. The van der Waals surface area contributed by atoms with Gasteiger partial charge in [0.25, 0.3) is 5.91 Å². The molecule has 29 heavy (non-hydrogen) atoms.